The van der Waals surface area contributed by atoms with Crippen LogP contribution in [0.5, 0.6) is 5.75 Å². The molecule has 2 aromatic carbocycles. The number of aryl methyl sites for hydroxylation is 2. The molecule has 1 aliphatic heterocycles. The lowest BCUT2D eigenvalue weighted by atomic mass is 10.0. The molecule has 2 heterocycles. The average molecular weight is 391 g/mol. The fourth-order valence-corrected chi connectivity index (χ4v) is 3.22. The molecule has 148 valence electrons. The SMILES string of the molecule is Cc1ccc(NC(=O)COc2ccc([C@@H]3CC(=O)Nc4ncnn43)cc2)cc1C. The number of aromatic nitrogens is 3. The summed E-state index contributed by atoms with van der Waals surface area (Å²) >= 11 is 0. The van der Waals surface area contributed by atoms with E-state index in [0.29, 0.717) is 11.7 Å². The minimum Gasteiger partial charge on any atom is -0.484 e. The summed E-state index contributed by atoms with van der Waals surface area (Å²) in [7, 11) is 0. The Morgan fingerprint density at radius 2 is 2.00 bits per heavy atom. The minimum atomic E-state index is -0.228. The van der Waals surface area contributed by atoms with Crippen LogP contribution in [0.25, 0.3) is 0 Å². The number of carbonyl (C=O) groups is 2. The molecule has 2 amide bonds. The van der Waals surface area contributed by atoms with Gasteiger partial charge < -0.3 is 10.1 Å². The van der Waals surface area contributed by atoms with Gasteiger partial charge in [0.2, 0.25) is 11.9 Å². The highest BCUT2D eigenvalue weighted by Gasteiger charge is 2.27. The fraction of sp³-hybridized carbons (Fsp3) is 0.238. The van der Waals surface area contributed by atoms with Gasteiger partial charge in [-0.1, -0.05) is 18.2 Å². The predicted molar refractivity (Wildman–Crippen MR) is 108 cm³/mol. The Morgan fingerprint density at radius 1 is 1.21 bits per heavy atom. The first-order chi connectivity index (χ1) is 14.0. The number of fused-ring (bicyclic) bond motifs is 1. The van der Waals surface area contributed by atoms with E-state index in [4.69, 9.17) is 4.74 Å². The first-order valence-electron chi connectivity index (χ1n) is 9.29. The molecule has 0 fully saturated rings. The van der Waals surface area contributed by atoms with Crippen molar-refractivity contribution in [3.8, 4) is 5.75 Å². The Labute approximate surface area is 167 Å². The predicted octanol–water partition coefficient (Wildman–Crippen LogP) is 2.84. The standard InChI is InChI=1S/C21H21N5O3/c1-13-3-6-16(9-14(13)2)24-20(28)11-29-17-7-4-15(5-8-17)18-10-19(27)25-21-22-12-23-26(18)21/h3-9,12,18H,10-11H2,1-2H3,(H,24,28)(H,22,23,25,27)/t18-/m0/s1. The number of hydrogen-bond acceptors (Lipinski definition) is 5. The molecule has 1 aliphatic rings. The molecule has 0 saturated heterocycles. The van der Waals surface area contributed by atoms with E-state index < -0.39 is 0 Å². The van der Waals surface area contributed by atoms with Crippen molar-refractivity contribution in [3.05, 3.63) is 65.5 Å². The first-order valence-corrected chi connectivity index (χ1v) is 9.29. The molecule has 0 saturated carbocycles. The van der Waals surface area contributed by atoms with E-state index in [0.717, 1.165) is 16.8 Å². The summed E-state index contributed by atoms with van der Waals surface area (Å²) in [4.78, 5) is 28.1. The topological polar surface area (TPSA) is 98.1 Å². The number of benzene rings is 2. The summed E-state index contributed by atoms with van der Waals surface area (Å²) in [5.41, 5.74) is 3.95. The summed E-state index contributed by atoms with van der Waals surface area (Å²) in [5, 5.41) is 9.71. The molecule has 4 rings (SSSR count). The third kappa shape index (κ3) is 4.11. The molecular formula is C21H21N5O3. The van der Waals surface area contributed by atoms with E-state index >= 15 is 0 Å². The van der Waals surface area contributed by atoms with Crippen molar-refractivity contribution in [3.63, 3.8) is 0 Å². The lowest BCUT2D eigenvalue weighted by Gasteiger charge is -2.23. The molecular weight excluding hydrogens is 370 g/mol. The van der Waals surface area contributed by atoms with Gasteiger partial charge in [-0.3, -0.25) is 14.9 Å². The molecule has 0 aliphatic carbocycles. The Balaban J connectivity index is 1.37. The van der Waals surface area contributed by atoms with Gasteiger partial charge in [0.15, 0.2) is 6.61 Å². The second-order valence-corrected chi connectivity index (χ2v) is 7.00. The summed E-state index contributed by atoms with van der Waals surface area (Å²) in [6.07, 6.45) is 1.70. The minimum absolute atomic E-state index is 0.0919. The van der Waals surface area contributed by atoms with Crippen LogP contribution in [-0.2, 0) is 9.59 Å². The number of ether oxygens (including phenoxy) is 1. The Bertz CT molecular complexity index is 1060. The van der Waals surface area contributed by atoms with E-state index in [2.05, 4.69) is 20.7 Å². The van der Waals surface area contributed by atoms with Crippen molar-refractivity contribution >= 4 is 23.5 Å². The average Bonchev–Trinajstić information content (AvgIpc) is 3.17. The van der Waals surface area contributed by atoms with Crippen LogP contribution in [0.2, 0.25) is 0 Å². The van der Waals surface area contributed by atoms with Crippen LogP contribution in [0.1, 0.15) is 29.2 Å². The van der Waals surface area contributed by atoms with E-state index in [1.807, 2.05) is 44.2 Å². The lowest BCUT2D eigenvalue weighted by Crippen LogP contribution is -2.29. The number of nitrogens with one attached hydrogen (secondary N) is 2. The maximum Gasteiger partial charge on any atom is 0.262 e. The molecule has 8 nitrogen and oxygen atoms in total. The van der Waals surface area contributed by atoms with Crippen molar-refractivity contribution in [2.24, 2.45) is 0 Å². The number of anilines is 2. The van der Waals surface area contributed by atoms with Gasteiger partial charge in [0, 0.05) is 5.69 Å². The number of amides is 2. The number of nitrogens with zero attached hydrogens (tertiary/aromatic N) is 3. The van der Waals surface area contributed by atoms with Crippen molar-refractivity contribution < 1.29 is 14.3 Å². The molecule has 0 unspecified atom stereocenters. The maximum absolute atomic E-state index is 12.1. The lowest BCUT2D eigenvalue weighted by molar-refractivity contribution is -0.118. The van der Waals surface area contributed by atoms with Crippen LogP contribution in [0, 0.1) is 13.8 Å². The van der Waals surface area contributed by atoms with Gasteiger partial charge in [0.1, 0.15) is 12.1 Å². The molecule has 0 bridgehead atoms. The van der Waals surface area contributed by atoms with Gasteiger partial charge in [0.25, 0.3) is 5.91 Å². The van der Waals surface area contributed by atoms with Crippen LogP contribution in [-0.4, -0.2) is 33.2 Å². The van der Waals surface area contributed by atoms with Crippen molar-refractivity contribution in [1.82, 2.24) is 14.8 Å². The Morgan fingerprint density at radius 3 is 2.76 bits per heavy atom. The molecule has 3 aromatic rings. The van der Waals surface area contributed by atoms with Gasteiger partial charge in [-0.15, -0.1) is 0 Å². The smallest absolute Gasteiger partial charge is 0.262 e. The van der Waals surface area contributed by atoms with Crippen molar-refractivity contribution in [2.45, 2.75) is 26.3 Å². The van der Waals surface area contributed by atoms with Gasteiger partial charge in [-0.05, 0) is 54.8 Å². The fourth-order valence-electron chi connectivity index (χ4n) is 3.22. The largest absolute Gasteiger partial charge is 0.484 e. The van der Waals surface area contributed by atoms with Crippen LogP contribution < -0.4 is 15.4 Å². The molecule has 1 aromatic heterocycles. The zero-order chi connectivity index (χ0) is 20.4. The monoisotopic (exact) mass is 391 g/mol. The number of hydrogen-bond donors (Lipinski definition) is 2. The van der Waals surface area contributed by atoms with Crippen LogP contribution in [0.3, 0.4) is 0 Å². The zero-order valence-electron chi connectivity index (χ0n) is 16.2. The van der Waals surface area contributed by atoms with Gasteiger partial charge in [-0.2, -0.15) is 10.1 Å². The highest BCUT2D eigenvalue weighted by atomic mass is 16.5. The number of rotatable bonds is 5. The van der Waals surface area contributed by atoms with E-state index in [9.17, 15) is 9.59 Å². The van der Waals surface area contributed by atoms with Crippen LogP contribution in [0.15, 0.2) is 48.8 Å². The van der Waals surface area contributed by atoms with Crippen LogP contribution >= 0.6 is 0 Å². The Kier molecular flexibility index (Phi) is 4.99. The van der Waals surface area contributed by atoms with Crippen molar-refractivity contribution in [1.29, 1.82) is 0 Å². The van der Waals surface area contributed by atoms with E-state index in [1.165, 1.54) is 11.9 Å². The van der Waals surface area contributed by atoms with Crippen molar-refractivity contribution in [2.75, 3.05) is 17.2 Å². The quantitative estimate of drug-likeness (QED) is 0.697. The molecule has 2 N–H and O–H groups in total. The third-order valence-electron chi connectivity index (χ3n) is 4.92. The molecule has 1 atom stereocenters. The van der Waals surface area contributed by atoms with E-state index in [1.54, 1.807) is 16.8 Å². The summed E-state index contributed by atoms with van der Waals surface area (Å²) in [6, 6.07) is 12.8. The Hall–Kier alpha value is -3.68. The summed E-state index contributed by atoms with van der Waals surface area (Å²) in [5.74, 6) is 0.685. The second kappa shape index (κ2) is 7.75. The van der Waals surface area contributed by atoms with Gasteiger partial charge in [0.05, 0.1) is 12.5 Å². The molecule has 29 heavy (non-hydrogen) atoms. The molecule has 0 spiro atoms. The molecule has 8 heteroatoms. The van der Waals surface area contributed by atoms with Gasteiger partial charge >= 0.3 is 0 Å². The number of carbonyl (C=O) groups excluding carboxylic acids is 2. The normalized spacial score (nSPS) is 15.4. The van der Waals surface area contributed by atoms with Crippen LogP contribution in [0.4, 0.5) is 11.6 Å². The molecule has 0 radical (unpaired) electrons. The zero-order valence-corrected chi connectivity index (χ0v) is 16.2. The van der Waals surface area contributed by atoms with E-state index in [-0.39, 0.29) is 30.9 Å². The highest BCUT2D eigenvalue weighted by Crippen LogP contribution is 2.29. The first kappa shape index (κ1) is 18.7. The maximum atomic E-state index is 12.1. The van der Waals surface area contributed by atoms with Gasteiger partial charge in [-0.25, -0.2) is 4.68 Å². The second-order valence-electron chi connectivity index (χ2n) is 7.00. The third-order valence-corrected chi connectivity index (χ3v) is 4.92. The highest BCUT2D eigenvalue weighted by molar-refractivity contribution is 5.92. The summed E-state index contributed by atoms with van der Waals surface area (Å²) < 4.78 is 7.27. The summed E-state index contributed by atoms with van der Waals surface area (Å²) in [6.45, 7) is 3.93.